The van der Waals surface area contributed by atoms with Crippen LogP contribution < -0.4 is 5.73 Å². The van der Waals surface area contributed by atoms with Gasteiger partial charge in [0.05, 0.1) is 6.10 Å². The van der Waals surface area contributed by atoms with Crippen molar-refractivity contribution >= 4 is 6.72 Å². The van der Waals surface area contributed by atoms with Crippen LogP contribution in [0.1, 0.15) is 13.3 Å². The summed E-state index contributed by atoms with van der Waals surface area (Å²) >= 11 is 0. The predicted octanol–water partition coefficient (Wildman–Crippen LogP) is 0.458. The van der Waals surface area contributed by atoms with Crippen LogP contribution in [-0.4, -0.2) is 35.9 Å². The van der Waals surface area contributed by atoms with Crippen LogP contribution in [0.3, 0.4) is 0 Å². The van der Waals surface area contributed by atoms with E-state index in [9.17, 15) is 5.11 Å². The third-order valence-corrected chi connectivity index (χ3v) is 2.34. The van der Waals surface area contributed by atoms with Gasteiger partial charge in [-0.15, -0.1) is 0 Å². The molecule has 0 aromatic heterocycles. The van der Waals surface area contributed by atoms with Gasteiger partial charge in [-0.25, -0.2) is 4.99 Å². The minimum absolute atomic E-state index is 0.197. The Balaban J connectivity index is 2.56. The molecule has 1 aliphatic heterocycles. The molecule has 0 amide bonds. The van der Waals surface area contributed by atoms with Gasteiger partial charge < -0.3 is 15.7 Å². The molecule has 0 aromatic rings. The molecule has 14 heavy (non-hydrogen) atoms. The summed E-state index contributed by atoms with van der Waals surface area (Å²) < 4.78 is 0. The van der Waals surface area contributed by atoms with E-state index >= 15 is 0 Å². The molecule has 0 bridgehead atoms. The van der Waals surface area contributed by atoms with Gasteiger partial charge >= 0.3 is 0 Å². The van der Waals surface area contributed by atoms with Crippen molar-refractivity contribution in [1.82, 2.24) is 4.90 Å². The molecule has 0 spiro atoms. The van der Waals surface area contributed by atoms with Gasteiger partial charge in [0.1, 0.15) is 5.82 Å². The van der Waals surface area contributed by atoms with Crippen LogP contribution in [-0.2, 0) is 0 Å². The van der Waals surface area contributed by atoms with Crippen LogP contribution in [0.4, 0.5) is 0 Å². The number of aliphatic imine (C=N–C) groups is 1. The summed E-state index contributed by atoms with van der Waals surface area (Å²) in [7, 11) is 0. The third kappa shape index (κ3) is 2.88. The number of nitrogens with two attached hydrogens (primary N) is 1. The molecular formula is C10H17N3O. The molecule has 1 fully saturated rings. The Labute approximate surface area is 84.4 Å². The number of nitrogens with zero attached hydrogens (tertiary/aromatic N) is 2. The highest BCUT2D eigenvalue weighted by Crippen LogP contribution is 2.14. The maximum Gasteiger partial charge on any atom is 0.122 e. The number of hydrogen-bond donors (Lipinski definition) is 2. The van der Waals surface area contributed by atoms with Gasteiger partial charge in [-0.1, -0.05) is 0 Å². The normalized spacial score (nSPS) is 24.1. The lowest BCUT2D eigenvalue weighted by molar-refractivity contribution is 0.184. The van der Waals surface area contributed by atoms with Crippen molar-refractivity contribution in [2.75, 3.05) is 13.1 Å². The molecule has 3 N–H and O–H groups in total. The summed E-state index contributed by atoms with van der Waals surface area (Å²) in [4.78, 5) is 5.70. The zero-order valence-corrected chi connectivity index (χ0v) is 8.48. The average molecular weight is 195 g/mol. The molecule has 1 saturated heterocycles. The topological polar surface area (TPSA) is 61.8 Å². The van der Waals surface area contributed by atoms with Crippen molar-refractivity contribution in [3.8, 4) is 0 Å². The van der Waals surface area contributed by atoms with E-state index in [1.165, 1.54) is 0 Å². The zero-order chi connectivity index (χ0) is 10.6. The highest BCUT2D eigenvalue weighted by atomic mass is 16.3. The number of allylic oxidation sites excluding steroid dienone is 3. The van der Waals surface area contributed by atoms with Gasteiger partial charge in [0.2, 0.25) is 0 Å². The van der Waals surface area contributed by atoms with Crippen LogP contribution in [0.25, 0.3) is 0 Å². The highest BCUT2D eigenvalue weighted by molar-refractivity contribution is 5.29. The largest absolute Gasteiger partial charge is 0.391 e. The molecule has 0 saturated carbocycles. The van der Waals surface area contributed by atoms with E-state index in [2.05, 4.69) is 16.6 Å². The first-order chi connectivity index (χ1) is 6.63. The van der Waals surface area contributed by atoms with Crippen molar-refractivity contribution in [3.63, 3.8) is 0 Å². The molecule has 0 radical (unpaired) electrons. The molecule has 1 atom stereocenters. The number of aliphatic hydroxyl groups excluding tert-OH is 1. The molecule has 1 aliphatic rings. The summed E-state index contributed by atoms with van der Waals surface area (Å²) in [5.41, 5.74) is 6.56. The number of aliphatic hydroxyl groups is 1. The Morgan fingerprint density at radius 1 is 1.64 bits per heavy atom. The van der Waals surface area contributed by atoms with Crippen molar-refractivity contribution in [1.29, 1.82) is 0 Å². The maximum atomic E-state index is 9.33. The molecule has 4 nitrogen and oxygen atoms in total. The second kappa shape index (κ2) is 4.81. The smallest absolute Gasteiger partial charge is 0.122 e. The third-order valence-electron chi connectivity index (χ3n) is 2.34. The van der Waals surface area contributed by atoms with Gasteiger partial charge in [-0.2, -0.15) is 0 Å². The lowest BCUT2D eigenvalue weighted by Crippen LogP contribution is -2.19. The van der Waals surface area contributed by atoms with E-state index in [-0.39, 0.29) is 6.10 Å². The minimum atomic E-state index is -0.197. The Bertz CT molecular complexity index is 271. The minimum Gasteiger partial charge on any atom is -0.391 e. The fourth-order valence-corrected chi connectivity index (χ4v) is 1.43. The van der Waals surface area contributed by atoms with Crippen LogP contribution in [0.2, 0.25) is 0 Å². The van der Waals surface area contributed by atoms with Gasteiger partial charge in [-0.3, -0.25) is 0 Å². The van der Waals surface area contributed by atoms with Crippen LogP contribution in [0, 0.1) is 0 Å². The second-order valence-corrected chi connectivity index (χ2v) is 3.45. The van der Waals surface area contributed by atoms with Gasteiger partial charge in [0.15, 0.2) is 0 Å². The lowest BCUT2D eigenvalue weighted by Gasteiger charge is -2.17. The second-order valence-electron chi connectivity index (χ2n) is 3.45. The van der Waals surface area contributed by atoms with Crippen molar-refractivity contribution < 1.29 is 5.11 Å². The summed E-state index contributed by atoms with van der Waals surface area (Å²) in [6.45, 7) is 6.92. The zero-order valence-electron chi connectivity index (χ0n) is 8.48. The van der Waals surface area contributed by atoms with Crippen LogP contribution in [0.5, 0.6) is 0 Å². The maximum absolute atomic E-state index is 9.33. The number of β-amino-alcohol motifs (C(OH)–C–C–N with tert-alkyl or cyclic N) is 1. The van der Waals surface area contributed by atoms with E-state index in [0.717, 1.165) is 18.7 Å². The molecule has 4 heteroatoms. The SMILES string of the molecule is C=N/C(N)=C\C=C(/C)N1CC[C@@H](O)C1. The van der Waals surface area contributed by atoms with Crippen LogP contribution in [0.15, 0.2) is 28.7 Å². The summed E-state index contributed by atoms with van der Waals surface area (Å²) in [6, 6.07) is 0. The van der Waals surface area contributed by atoms with Crippen molar-refractivity contribution in [2.45, 2.75) is 19.4 Å². The van der Waals surface area contributed by atoms with Gasteiger partial charge in [-0.05, 0) is 32.2 Å². The highest BCUT2D eigenvalue weighted by Gasteiger charge is 2.19. The number of likely N-dealkylation sites (tertiary alicyclic amines) is 1. The van der Waals surface area contributed by atoms with Crippen molar-refractivity contribution in [2.24, 2.45) is 10.7 Å². The van der Waals surface area contributed by atoms with E-state index in [0.29, 0.717) is 12.4 Å². The summed E-state index contributed by atoms with van der Waals surface area (Å²) in [5.74, 6) is 0.407. The molecule has 78 valence electrons. The summed E-state index contributed by atoms with van der Waals surface area (Å²) in [6.07, 6.45) is 4.25. The first-order valence-electron chi connectivity index (χ1n) is 4.67. The standard InChI is InChI=1S/C10H17N3O/c1-8(3-4-10(11)12-2)13-6-5-9(14)7-13/h3-4,9,14H,2,5-7,11H2,1H3/b8-3+,10-4-/t9-/m1/s1. The molecule has 1 heterocycles. The lowest BCUT2D eigenvalue weighted by atomic mass is 10.3. The first-order valence-corrected chi connectivity index (χ1v) is 4.67. The Hall–Kier alpha value is -1.29. The number of rotatable bonds is 3. The van der Waals surface area contributed by atoms with E-state index in [4.69, 9.17) is 5.73 Å². The van der Waals surface area contributed by atoms with E-state index < -0.39 is 0 Å². The summed E-state index contributed by atoms with van der Waals surface area (Å²) in [5, 5.41) is 9.33. The van der Waals surface area contributed by atoms with Crippen LogP contribution >= 0.6 is 0 Å². The molecular weight excluding hydrogens is 178 g/mol. The predicted molar refractivity (Wildman–Crippen MR) is 57.8 cm³/mol. The van der Waals surface area contributed by atoms with Gasteiger partial charge in [0.25, 0.3) is 0 Å². The molecule has 0 unspecified atom stereocenters. The Morgan fingerprint density at radius 2 is 2.36 bits per heavy atom. The number of hydrogen-bond acceptors (Lipinski definition) is 4. The quantitative estimate of drug-likeness (QED) is 0.508. The fourth-order valence-electron chi connectivity index (χ4n) is 1.43. The van der Waals surface area contributed by atoms with Crippen molar-refractivity contribution in [3.05, 3.63) is 23.7 Å². The molecule has 0 aliphatic carbocycles. The Morgan fingerprint density at radius 3 is 2.86 bits per heavy atom. The molecule has 0 aromatic carbocycles. The first kappa shape index (κ1) is 10.8. The van der Waals surface area contributed by atoms with E-state index in [1.54, 1.807) is 6.08 Å². The van der Waals surface area contributed by atoms with Gasteiger partial charge in [0, 0.05) is 18.8 Å². The average Bonchev–Trinajstić information content (AvgIpc) is 2.60. The fraction of sp³-hybridized carbons (Fsp3) is 0.500. The Kier molecular flexibility index (Phi) is 3.71. The molecule has 1 rings (SSSR count). The monoisotopic (exact) mass is 195 g/mol. The van der Waals surface area contributed by atoms with E-state index in [1.807, 2.05) is 13.0 Å².